The molecule has 2 unspecified atom stereocenters. The lowest BCUT2D eigenvalue weighted by molar-refractivity contribution is 0.209. The smallest absolute Gasteiger partial charge is 0.109 e. The molecule has 1 saturated carbocycles. The van der Waals surface area contributed by atoms with Gasteiger partial charge in [0.25, 0.3) is 0 Å². The second-order valence-electron chi connectivity index (χ2n) is 5.38. The molecule has 0 aromatic carbocycles. The minimum absolute atomic E-state index is 0.334. The van der Waals surface area contributed by atoms with Crippen LogP contribution in [0.15, 0.2) is 12.4 Å². The molecule has 1 fully saturated rings. The second kappa shape index (κ2) is 5.57. The van der Waals surface area contributed by atoms with Gasteiger partial charge in [0.15, 0.2) is 0 Å². The highest BCUT2D eigenvalue weighted by Crippen LogP contribution is 2.35. The van der Waals surface area contributed by atoms with Gasteiger partial charge in [0.05, 0.1) is 21.9 Å². The Morgan fingerprint density at radius 2 is 2.44 bits per heavy atom. The summed E-state index contributed by atoms with van der Waals surface area (Å²) >= 11 is 2.27. The molecule has 1 aromatic heterocycles. The Morgan fingerprint density at radius 1 is 1.67 bits per heavy atom. The fraction of sp³-hybridized carbons (Fsp3) is 0.692. The average Bonchev–Trinajstić information content (AvgIpc) is 2.75. The predicted octanol–water partition coefficient (Wildman–Crippen LogP) is 2.86. The minimum Gasteiger partial charge on any atom is -0.297 e. The van der Waals surface area contributed by atoms with Gasteiger partial charge in [0.1, 0.15) is 5.54 Å². The zero-order valence-electron chi connectivity index (χ0n) is 10.9. The molecule has 1 aromatic rings. The monoisotopic (exact) mass is 358 g/mol. The van der Waals surface area contributed by atoms with Crippen LogP contribution in [0.5, 0.6) is 0 Å². The minimum atomic E-state index is -0.380. The van der Waals surface area contributed by atoms with Gasteiger partial charge < -0.3 is 0 Å². The molecule has 2 atom stereocenters. The molecule has 1 N–H and O–H groups in total. The first-order valence-corrected chi connectivity index (χ1v) is 7.51. The van der Waals surface area contributed by atoms with Gasteiger partial charge >= 0.3 is 0 Å². The van der Waals surface area contributed by atoms with E-state index in [2.05, 4.69) is 59.1 Å². The molecule has 0 saturated heterocycles. The maximum Gasteiger partial charge on any atom is 0.109 e. The van der Waals surface area contributed by atoms with Crippen molar-refractivity contribution in [3.8, 4) is 6.07 Å². The van der Waals surface area contributed by atoms with Crippen LogP contribution < -0.4 is 5.32 Å². The number of nitrogens with zero attached hydrogens (tertiary/aromatic N) is 3. The van der Waals surface area contributed by atoms with Gasteiger partial charge in [-0.3, -0.25) is 10.00 Å². The summed E-state index contributed by atoms with van der Waals surface area (Å²) in [5, 5.41) is 17.4. The van der Waals surface area contributed by atoms with E-state index in [1.165, 1.54) is 0 Å². The lowest BCUT2D eigenvalue weighted by Gasteiger charge is -2.37. The Hall–Kier alpha value is -0.610. The van der Waals surface area contributed by atoms with Crippen LogP contribution in [0.2, 0.25) is 0 Å². The Balaban J connectivity index is 2.14. The summed E-state index contributed by atoms with van der Waals surface area (Å²) in [6.07, 6.45) is 7.92. The van der Waals surface area contributed by atoms with Crippen molar-refractivity contribution in [2.45, 2.75) is 57.2 Å². The first-order chi connectivity index (χ1) is 8.54. The molecule has 1 heterocycles. The quantitative estimate of drug-likeness (QED) is 0.846. The number of aromatic nitrogens is 2. The summed E-state index contributed by atoms with van der Waals surface area (Å²) < 4.78 is 3.17. The Kier molecular flexibility index (Phi) is 4.28. The van der Waals surface area contributed by atoms with Crippen molar-refractivity contribution in [2.24, 2.45) is 0 Å². The molecular formula is C13H19IN4. The van der Waals surface area contributed by atoms with Crippen LogP contribution >= 0.6 is 22.6 Å². The summed E-state index contributed by atoms with van der Waals surface area (Å²) in [7, 11) is 0. The van der Waals surface area contributed by atoms with E-state index in [1.54, 1.807) is 0 Å². The number of hydrogen-bond donors (Lipinski definition) is 1. The fourth-order valence-electron chi connectivity index (χ4n) is 2.80. The van der Waals surface area contributed by atoms with Crippen molar-refractivity contribution >= 4 is 22.6 Å². The first kappa shape index (κ1) is 13.8. The van der Waals surface area contributed by atoms with Crippen LogP contribution in [-0.4, -0.2) is 21.4 Å². The van der Waals surface area contributed by atoms with Crippen LogP contribution in [0, 0.1) is 14.9 Å². The SMILES string of the molecule is CC(C)NC1(C#N)CCCC(n2cc(I)cn2)C1. The van der Waals surface area contributed by atoms with Crippen molar-refractivity contribution in [3.63, 3.8) is 0 Å². The summed E-state index contributed by atoms with van der Waals surface area (Å²) in [5.41, 5.74) is -0.380. The average molecular weight is 358 g/mol. The highest BCUT2D eigenvalue weighted by Gasteiger charge is 2.37. The summed E-state index contributed by atoms with van der Waals surface area (Å²) in [5.74, 6) is 0. The van der Waals surface area contributed by atoms with Gasteiger partial charge in [-0.15, -0.1) is 0 Å². The summed E-state index contributed by atoms with van der Waals surface area (Å²) in [6, 6.07) is 3.18. The zero-order chi connectivity index (χ0) is 13.2. The standard InChI is InChI=1S/C13H19IN4/c1-10(2)17-13(9-15)5-3-4-12(6-13)18-8-11(14)7-16-18/h7-8,10,12,17H,3-6H2,1-2H3. The van der Waals surface area contributed by atoms with E-state index in [0.29, 0.717) is 12.1 Å². The molecule has 18 heavy (non-hydrogen) atoms. The van der Waals surface area contributed by atoms with Crippen molar-refractivity contribution in [1.82, 2.24) is 15.1 Å². The van der Waals surface area contributed by atoms with Crippen molar-refractivity contribution < 1.29 is 0 Å². The molecule has 5 heteroatoms. The van der Waals surface area contributed by atoms with Crippen LogP contribution in [0.1, 0.15) is 45.6 Å². The lowest BCUT2D eigenvalue weighted by atomic mass is 9.79. The van der Waals surface area contributed by atoms with Gasteiger partial charge in [-0.1, -0.05) is 0 Å². The number of nitriles is 1. The largest absolute Gasteiger partial charge is 0.297 e. The molecule has 1 aliphatic carbocycles. The van der Waals surface area contributed by atoms with Crippen LogP contribution in [0.4, 0.5) is 0 Å². The molecule has 0 amide bonds. The van der Waals surface area contributed by atoms with E-state index in [4.69, 9.17) is 0 Å². The van der Waals surface area contributed by atoms with Crippen molar-refractivity contribution in [3.05, 3.63) is 16.0 Å². The molecule has 98 valence electrons. The Labute approximate surface area is 122 Å². The Bertz CT molecular complexity index is 448. The van der Waals surface area contributed by atoms with E-state index < -0.39 is 0 Å². The van der Waals surface area contributed by atoms with Gasteiger partial charge in [0, 0.05) is 18.7 Å². The van der Waals surface area contributed by atoms with Gasteiger partial charge in [0.2, 0.25) is 0 Å². The lowest BCUT2D eigenvalue weighted by Crippen LogP contribution is -2.50. The molecule has 0 spiro atoms. The molecule has 2 rings (SSSR count). The molecule has 0 bridgehead atoms. The summed E-state index contributed by atoms with van der Waals surface area (Å²) in [6.45, 7) is 4.19. The highest BCUT2D eigenvalue weighted by atomic mass is 127. The topological polar surface area (TPSA) is 53.6 Å². The van der Waals surface area contributed by atoms with Gasteiger partial charge in [-0.05, 0) is 55.7 Å². The van der Waals surface area contributed by atoms with Crippen LogP contribution in [-0.2, 0) is 0 Å². The maximum absolute atomic E-state index is 9.52. The van der Waals surface area contributed by atoms with Gasteiger partial charge in [-0.25, -0.2) is 0 Å². The molecule has 0 aliphatic heterocycles. The first-order valence-electron chi connectivity index (χ1n) is 6.43. The number of halogens is 1. The zero-order valence-corrected chi connectivity index (χ0v) is 13.0. The number of rotatable bonds is 3. The van der Waals surface area contributed by atoms with E-state index in [0.717, 1.165) is 29.3 Å². The van der Waals surface area contributed by atoms with E-state index in [1.807, 2.05) is 10.9 Å². The van der Waals surface area contributed by atoms with E-state index >= 15 is 0 Å². The van der Waals surface area contributed by atoms with Crippen LogP contribution in [0.3, 0.4) is 0 Å². The van der Waals surface area contributed by atoms with Gasteiger partial charge in [-0.2, -0.15) is 10.4 Å². The van der Waals surface area contributed by atoms with E-state index in [9.17, 15) is 5.26 Å². The van der Waals surface area contributed by atoms with E-state index in [-0.39, 0.29) is 5.54 Å². The summed E-state index contributed by atoms with van der Waals surface area (Å²) in [4.78, 5) is 0. The predicted molar refractivity (Wildman–Crippen MR) is 79.1 cm³/mol. The molecular weight excluding hydrogens is 339 g/mol. The third-order valence-corrected chi connectivity index (χ3v) is 4.01. The fourth-order valence-corrected chi connectivity index (χ4v) is 3.21. The molecule has 1 aliphatic rings. The van der Waals surface area contributed by atoms with Crippen molar-refractivity contribution in [2.75, 3.05) is 0 Å². The third-order valence-electron chi connectivity index (χ3n) is 3.45. The normalized spacial score (nSPS) is 28.3. The molecule has 4 nitrogen and oxygen atoms in total. The number of nitrogens with one attached hydrogen (secondary N) is 1. The third kappa shape index (κ3) is 3.04. The second-order valence-corrected chi connectivity index (χ2v) is 6.63. The molecule has 0 radical (unpaired) electrons. The Morgan fingerprint density at radius 3 is 3.00 bits per heavy atom. The maximum atomic E-state index is 9.52. The van der Waals surface area contributed by atoms with Crippen LogP contribution in [0.25, 0.3) is 0 Å². The number of hydrogen-bond acceptors (Lipinski definition) is 3. The van der Waals surface area contributed by atoms with Crippen molar-refractivity contribution in [1.29, 1.82) is 5.26 Å². The highest BCUT2D eigenvalue weighted by molar-refractivity contribution is 14.1.